The predicted molar refractivity (Wildman–Crippen MR) is 37.5 cm³/mol. The van der Waals surface area contributed by atoms with E-state index >= 15 is 0 Å². The van der Waals surface area contributed by atoms with Gasteiger partial charge < -0.3 is 0 Å². The molecule has 0 aromatic heterocycles. The van der Waals surface area contributed by atoms with Crippen LogP contribution in [0.3, 0.4) is 0 Å². The summed E-state index contributed by atoms with van der Waals surface area (Å²) in [6.45, 7) is 4.33. The predicted octanol–water partition coefficient (Wildman–Crippen LogP) is 0.151. The standard InChI is InChI=1S/C6H10O3S/c1-4-5(7)6(2,3)10(4,8)9/h4H,1-3H3. The van der Waals surface area contributed by atoms with Gasteiger partial charge in [-0.1, -0.05) is 0 Å². The highest BCUT2D eigenvalue weighted by atomic mass is 32.2. The fourth-order valence-corrected chi connectivity index (χ4v) is 2.89. The molecule has 1 atom stereocenters. The molecule has 0 bridgehead atoms. The molecule has 1 heterocycles. The van der Waals surface area contributed by atoms with Gasteiger partial charge in [0, 0.05) is 0 Å². The first-order valence-corrected chi connectivity index (χ1v) is 4.64. The van der Waals surface area contributed by atoms with Crippen molar-refractivity contribution in [3.63, 3.8) is 0 Å². The molecule has 0 aromatic carbocycles. The molecule has 0 N–H and O–H groups in total. The Morgan fingerprint density at radius 3 is 1.90 bits per heavy atom. The molecule has 3 nitrogen and oxygen atoms in total. The molecule has 0 aliphatic carbocycles. The van der Waals surface area contributed by atoms with Gasteiger partial charge in [0.2, 0.25) is 0 Å². The molecule has 4 heteroatoms. The van der Waals surface area contributed by atoms with E-state index in [0.29, 0.717) is 0 Å². The second-order valence-electron chi connectivity index (χ2n) is 3.06. The second kappa shape index (κ2) is 1.61. The molecule has 10 heavy (non-hydrogen) atoms. The highest BCUT2D eigenvalue weighted by Gasteiger charge is 2.59. The van der Waals surface area contributed by atoms with Crippen molar-refractivity contribution in [3.05, 3.63) is 0 Å². The lowest BCUT2D eigenvalue weighted by Crippen LogP contribution is -2.62. The van der Waals surface area contributed by atoms with E-state index in [1.807, 2.05) is 0 Å². The van der Waals surface area contributed by atoms with Gasteiger partial charge in [0.15, 0.2) is 15.6 Å². The van der Waals surface area contributed by atoms with Crippen LogP contribution in [-0.4, -0.2) is 24.2 Å². The van der Waals surface area contributed by atoms with Crippen LogP contribution in [0, 0.1) is 0 Å². The van der Waals surface area contributed by atoms with Crippen LogP contribution in [0.5, 0.6) is 0 Å². The van der Waals surface area contributed by atoms with Crippen LogP contribution in [-0.2, 0) is 14.6 Å². The molecule has 0 spiro atoms. The molecule has 0 saturated carbocycles. The van der Waals surface area contributed by atoms with Gasteiger partial charge in [-0.05, 0) is 20.8 Å². The van der Waals surface area contributed by atoms with Crippen molar-refractivity contribution in [2.24, 2.45) is 0 Å². The molecule has 1 aliphatic heterocycles. The SMILES string of the molecule is CC1C(=O)C(C)(C)S1(=O)=O. The van der Waals surface area contributed by atoms with E-state index in [4.69, 9.17) is 0 Å². The summed E-state index contributed by atoms with van der Waals surface area (Å²) in [7, 11) is -3.14. The van der Waals surface area contributed by atoms with E-state index in [1.165, 1.54) is 20.8 Å². The van der Waals surface area contributed by atoms with Crippen LogP contribution < -0.4 is 0 Å². The largest absolute Gasteiger partial charge is 0.296 e. The lowest BCUT2D eigenvalue weighted by Gasteiger charge is -2.37. The van der Waals surface area contributed by atoms with Crippen molar-refractivity contribution in [2.45, 2.75) is 30.8 Å². The van der Waals surface area contributed by atoms with Crippen LogP contribution in [0.1, 0.15) is 20.8 Å². The van der Waals surface area contributed by atoms with E-state index in [-0.39, 0.29) is 5.78 Å². The van der Waals surface area contributed by atoms with Crippen LogP contribution in [0.2, 0.25) is 0 Å². The number of carbonyl (C=O) groups is 1. The molecule has 1 unspecified atom stereocenters. The van der Waals surface area contributed by atoms with Gasteiger partial charge >= 0.3 is 0 Å². The van der Waals surface area contributed by atoms with Crippen molar-refractivity contribution in [3.8, 4) is 0 Å². The molecule has 1 aliphatic rings. The number of carbonyl (C=O) groups excluding carboxylic acids is 1. The molecule has 0 aromatic rings. The summed E-state index contributed by atoms with van der Waals surface area (Å²) in [5.74, 6) is -0.174. The molecule has 1 fully saturated rings. The Morgan fingerprint density at radius 1 is 1.40 bits per heavy atom. The van der Waals surface area contributed by atoms with Crippen LogP contribution in [0.25, 0.3) is 0 Å². The summed E-state index contributed by atoms with van der Waals surface area (Å²) in [4.78, 5) is 10.9. The minimum atomic E-state index is -3.14. The molecule has 58 valence electrons. The van der Waals surface area contributed by atoms with E-state index in [0.717, 1.165) is 0 Å². The number of hydrogen-bond acceptors (Lipinski definition) is 3. The lowest BCUT2D eigenvalue weighted by atomic mass is 10.0. The van der Waals surface area contributed by atoms with E-state index in [1.54, 1.807) is 0 Å². The van der Waals surface area contributed by atoms with Gasteiger partial charge in [0.1, 0.15) is 10.00 Å². The molecular weight excluding hydrogens is 152 g/mol. The minimum Gasteiger partial charge on any atom is -0.296 e. The Balaban J connectivity index is 3.17. The van der Waals surface area contributed by atoms with Crippen molar-refractivity contribution in [2.75, 3.05) is 0 Å². The van der Waals surface area contributed by atoms with Crippen LogP contribution in [0.15, 0.2) is 0 Å². The zero-order valence-corrected chi connectivity index (χ0v) is 7.03. The minimum absolute atomic E-state index is 0.174. The fraction of sp³-hybridized carbons (Fsp3) is 0.833. The van der Waals surface area contributed by atoms with E-state index in [9.17, 15) is 13.2 Å². The highest BCUT2D eigenvalue weighted by Crippen LogP contribution is 2.35. The Morgan fingerprint density at radius 2 is 1.80 bits per heavy atom. The van der Waals surface area contributed by atoms with E-state index < -0.39 is 19.8 Å². The highest BCUT2D eigenvalue weighted by molar-refractivity contribution is 7.97. The maximum atomic E-state index is 11.1. The number of hydrogen-bond donors (Lipinski definition) is 0. The summed E-state index contributed by atoms with van der Waals surface area (Å²) in [5.41, 5.74) is 0. The van der Waals surface area contributed by atoms with Gasteiger partial charge in [-0.25, -0.2) is 8.42 Å². The Bertz CT molecular complexity index is 273. The molecule has 1 saturated heterocycles. The topological polar surface area (TPSA) is 51.2 Å². The van der Waals surface area contributed by atoms with Crippen LogP contribution >= 0.6 is 0 Å². The third kappa shape index (κ3) is 0.551. The maximum Gasteiger partial charge on any atom is 0.172 e. The third-order valence-corrected chi connectivity index (χ3v) is 4.91. The Hall–Kier alpha value is -0.380. The van der Waals surface area contributed by atoms with E-state index in [2.05, 4.69) is 0 Å². The van der Waals surface area contributed by atoms with Crippen molar-refractivity contribution in [1.82, 2.24) is 0 Å². The van der Waals surface area contributed by atoms with Crippen molar-refractivity contribution >= 4 is 15.6 Å². The number of Topliss-reactive ketones (excluding diaryl/α,β-unsaturated/α-hetero) is 1. The summed E-state index contributed by atoms with van der Waals surface area (Å²) in [5, 5.41) is -0.775. The van der Waals surface area contributed by atoms with Crippen molar-refractivity contribution in [1.29, 1.82) is 0 Å². The van der Waals surface area contributed by atoms with Crippen molar-refractivity contribution < 1.29 is 13.2 Å². The molecular formula is C6H10O3S. The quantitative estimate of drug-likeness (QED) is 0.509. The van der Waals surface area contributed by atoms with Crippen LogP contribution in [0.4, 0.5) is 0 Å². The Kier molecular flexibility index (Phi) is 1.25. The first-order valence-electron chi connectivity index (χ1n) is 3.09. The average molecular weight is 162 g/mol. The number of rotatable bonds is 0. The maximum absolute atomic E-state index is 11.1. The summed E-state index contributed by atoms with van der Waals surface area (Å²) in [6, 6.07) is 0. The van der Waals surface area contributed by atoms with Gasteiger partial charge in [-0.3, -0.25) is 4.79 Å². The van der Waals surface area contributed by atoms with Gasteiger partial charge in [0.05, 0.1) is 0 Å². The molecule has 1 rings (SSSR count). The molecule has 0 amide bonds. The first-order chi connectivity index (χ1) is 4.32. The number of sulfone groups is 1. The smallest absolute Gasteiger partial charge is 0.172 e. The monoisotopic (exact) mass is 162 g/mol. The van der Waals surface area contributed by atoms with Gasteiger partial charge in [-0.2, -0.15) is 0 Å². The zero-order chi connectivity index (χ0) is 8.15. The number of ketones is 1. The zero-order valence-electron chi connectivity index (χ0n) is 6.21. The lowest BCUT2D eigenvalue weighted by molar-refractivity contribution is -0.122. The Labute approximate surface area is 60.3 Å². The van der Waals surface area contributed by atoms with Gasteiger partial charge in [-0.15, -0.1) is 0 Å². The second-order valence-corrected chi connectivity index (χ2v) is 5.88. The first kappa shape index (κ1) is 7.72. The third-order valence-electron chi connectivity index (χ3n) is 2.14. The average Bonchev–Trinajstić information content (AvgIpc) is 1.84. The molecule has 0 radical (unpaired) electrons. The normalized spacial score (nSPS) is 35.1. The summed E-state index contributed by atoms with van der Waals surface area (Å²) < 4.78 is 21.0. The fourth-order valence-electron chi connectivity index (χ4n) is 1.15. The summed E-state index contributed by atoms with van der Waals surface area (Å²) >= 11 is 0. The summed E-state index contributed by atoms with van der Waals surface area (Å²) in [6.07, 6.45) is 0. The van der Waals surface area contributed by atoms with Gasteiger partial charge in [0.25, 0.3) is 0 Å².